The van der Waals surface area contributed by atoms with Crippen molar-refractivity contribution < 1.29 is 4.79 Å². The zero-order chi connectivity index (χ0) is 17.4. The summed E-state index contributed by atoms with van der Waals surface area (Å²) in [5.41, 5.74) is 1.72. The van der Waals surface area contributed by atoms with Gasteiger partial charge in [-0.2, -0.15) is 0 Å². The molecule has 2 amide bonds. The second-order valence-corrected chi connectivity index (χ2v) is 7.72. The molecule has 136 valence electrons. The van der Waals surface area contributed by atoms with E-state index < -0.39 is 0 Å². The average molecular weight is 343 g/mol. The van der Waals surface area contributed by atoms with Crippen LogP contribution in [0.1, 0.15) is 38.3 Å². The lowest BCUT2D eigenvalue weighted by Crippen LogP contribution is -2.57. The van der Waals surface area contributed by atoms with Crippen LogP contribution < -0.4 is 10.2 Å². The number of anilines is 2. The van der Waals surface area contributed by atoms with Crippen LogP contribution in [0.3, 0.4) is 0 Å². The van der Waals surface area contributed by atoms with Gasteiger partial charge < -0.3 is 15.1 Å². The number of aryl methyl sites for hydroxylation is 1. The van der Waals surface area contributed by atoms with Gasteiger partial charge in [-0.15, -0.1) is 0 Å². The van der Waals surface area contributed by atoms with Crippen molar-refractivity contribution in [1.29, 1.82) is 0 Å². The molecule has 1 aromatic heterocycles. The molecule has 3 aliphatic heterocycles. The number of nitrogens with one attached hydrogen (secondary N) is 1. The topological polar surface area (TPSA) is 51.7 Å². The van der Waals surface area contributed by atoms with E-state index >= 15 is 0 Å². The zero-order valence-corrected chi connectivity index (χ0v) is 15.4. The van der Waals surface area contributed by atoms with Crippen LogP contribution in [0.5, 0.6) is 0 Å². The first-order valence-corrected chi connectivity index (χ1v) is 9.66. The van der Waals surface area contributed by atoms with Crippen LogP contribution in [-0.2, 0) is 0 Å². The molecule has 0 aliphatic carbocycles. The number of rotatable bonds is 2. The van der Waals surface area contributed by atoms with Gasteiger partial charge in [-0.25, -0.2) is 9.78 Å². The Morgan fingerprint density at radius 1 is 1.16 bits per heavy atom. The van der Waals surface area contributed by atoms with Gasteiger partial charge in [-0.05, 0) is 58.2 Å². The van der Waals surface area contributed by atoms with E-state index in [1.54, 1.807) is 0 Å². The highest BCUT2D eigenvalue weighted by Gasteiger charge is 2.36. The van der Waals surface area contributed by atoms with E-state index in [9.17, 15) is 4.79 Å². The van der Waals surface area contributed by atoms with Crippen molar-refractivity contribution in [2.45, 2.75) is 51.6 Å². The van der Waals surface area contributed by atoms with E-state index in [-0.39, 0.29) is 12.1 Å². The highest BCUT2D eigenvalue weighted by atomic mass is 16.2. The van der Waals surface area contributed by atoms with Crippen molar-refractivity contribution >= 4 is 17.5 Å². The molecule has 3 fully saturated rings. The fraction of sp³-hybridized carbons (Fsp3) is 0.684. The van der Waals surface area contributed by atoms with Crippen molar-refractivity contribution in [3.8, 4) is 0 Å². The number of hydrogen-bond acceptors (Lipinski definition) is 4. The summed E-state index contributed by atoms with van der Waals surface area (Å²) in [4.78, 5) is 24.4. The van der Waals surface area contributed by atoms with Crippen LogP contribution in [0.25, 0.3) is 0 Å². The first kappa shape index (κ1) is 16.6. The molecular formula is C19H29N5O. The summed E-state index contributed by atoms with van der Waals surface area (Å²) in [6, 6.07) is 4.85. The van der Waals surface area contributed by atoms with Crippen LogP contribution in [0.2, 0.25) is 0 Å². The van der Waals surface area contributed by atoms with Crippen molar-refractivity contribution in [3.05, 3.63) is 17.8 Å². The lowest BCUT2D eigenvalue weighted by molar-refractivity contribution is 0.0861. The summed E-state index contributed by atoms with van der Waals surface area (Å²) in [7, 11) is 0. The van der Waals surface area contributed by atoms with E-state index in [0.717, 1.165) is 43.4 Å². The minimum absolute atomic E-state index is 0.0119. The Labute approximate surface area is 150 Å². The van der Waals surface area contributed by atoms with E-state index in [1.807, 2.05) is 24.0 Å². The summed E-state index contributed by atoms with van der Waals surface area (Å²) in [6.45, 7) is 9.31. The standard InChI is InChI=1S/C19H29N5O/c1-14-12-23-11-5-6-16(23)13-24(14)19(25)21-17-7-8-18(20-15(17)2)22-9-3-4-10-22/h7-8,14,16H,3-6,9-13H2,1-2H3,(H,21,25)/t14-,16-/m0/s1. The summed E-state index contributed by atoms with van der Waals surface area (Å²) >= 11 is 0. The molecule has 4 heterocycles. The molecule has 1 aromatic rings. The average Bonchev–Trinajstić information content (AvgIpc) is 3.26. The number of aromatic nitrogens is 1. The Morgan fingerprint density at radius 2 is 1.96 bits per heavy atom. The lowest BCUT2D eigenvalue weighted by atomic mass is 10.1. The number of carbonyl (C=O) groups is 1. The highest BCUT2D eigenvalue weighted by Crippen LogP contribution is 2.26. The number of piperazine rings is 1. The fourth-order valence-electron chi connectivity index (χ4n) is 4.46. The van der Waals surface area contributed by atoms with Crippen molar-refractivity contribution in [3.63, 3.8) is 0 Å². The molecule has 2 atom stereocenters. The second kappa shape index (κ2) is 6.83. The Balaban J connectivity index is 1.43. The predicted molar refractivity (Wildman–Crippen MR) is 100 cm³/mol. The Bertz CT molecular complexity index is 643. The number of urea groups is 1. The molecule has 0 radical (unpaired) electrons. The summed E-state index contributed by atoms with van der Waals surface area (Å²) in [5, 5.41) is 3.10. The first-order chi connectivity index (χ1) is 12.1. The summed E-state index contributed by atoms with van der Waals surface area (Å²) in [5.74, 6) is 1.03. The molecular weight excluding hydrogens is 314 g/mol. The SMILES string of the molecule is Cc1nc(N2CCCC2)ccc1NC(=O)N1C[C@@H]2CCCN2C[C@@H]1C. The van der Waals surface area contributed by atoms with Crippen LogP contribution in [-0.4, -0.2) is 65.6 Å². The number of amides is 2. The lowest BCUT2D eigenvalue weighted by Gasteiger charge is -2.42. The van der Waals surface area contributed by atoms with Gasteiger partial charge in [-0.1, -0.05) is 0 Å². The molecule has 0 spiro atoms. The monoisotopic (exact) mass is 343 g/mol. The maximum atomic E-state index is 12.8. The third kappa shape index (κ3) is 3.32. The van der Waals surface area contributed by atoms with E-state index in [4.69, 9.17) is 4.98 Å². The van der Waals surface area contributed by atoms with Gasteiger partial charge in [0, 0.05) is 38.3 Å². The molecule has 0 unspecified atom stereocenters. The minimum atomic E-state index is 0.0119. The van der Waals surface area contributed by atoms with Gasteiger partial charge in [0.15, 0.2) is 0 Å². The van der Waals surface area contributed by atoms with Gasteiger partial charge in [0.25, 0.3) is 0 Å². The van der Waals surface area contributed by atoms with Gasteiger partial charge >= 0.3 is 6.03 Å². The number of pyridine rings is 1. The maximum absolute atomic E-state index is 12.8. The fourth-order valence-corrected chi connectivity index (χ4v) is 4.46. The smallest absolute Gasteiger partial charge is 0.322 e. The third-order valence-corrected chi connectivity index (χ3v) is 5.94. The maximum Gasteiger partial charge on any atom is 0.322 e. The zero-order valence-electron chi connectivity index (χ0n) is 15.4. The molecule has 25 heavy (non-hydrogen) atoms. The van der Waals surface area contributed by atoms with Gasteiger partial charge in [-0.3, -0.25) is 4.90 Å². The Kier molecular flexibility index (Phi) is 4.54. The van der Waals surface area contributed by atoms with Crippen LogP contribution >= 0.6 is 0 Å². The van der Waals surface area contributed by atoms with Gasteiger partial charge in [0.2, 0.25) is 0 Å². The van der Waals surface area contributed by atoms with E-state index in [2.05, 4.69) is 22.0 Å². The third-order valence-electron chi connectivity index (χ3n) is 5.94. The quantitative estimate of drug-likeness (QED) is 0.897. The molecule has 0 aromatic carbocycles. The summed E-state index contributed by atoms with van der Waals surface area (Å²) < 4.78 is 0. The summed E-state index contributed by atoms with van der Waals surface area (Å²) in [6.07, 6.45) is 4.95. The van der Waals surface area contributed by atoms with Gasteiger partial charge in [0.05, 0.1) is 11.4 Å². The normalized spacial score (nSPS) is 26.8. The first-order valence-electron chi connectivity index (χ1n) is 9.66. The number of nitrogens with zero attached hydrogens (tertiary/aromatic N) is 4. The molecule has 0 saturated carbocycles. The van der Waals surface area contributed by atoms with Crippen LogP contribution in [0.15, 0.2) is 12.1 Å². The van der Waals surface area contributed by atoms with Gasteiger partial charge in [0.1, 0.15) is 5.82 Å². The van der Waals surface area contributed by atoms with E-state index in [0.29, 0.717) is 6.04 Å². The molecule has 0 bridgehead atoms. The Morgan fingerprint density at radius 3 is 2.72 bits per heavy atom. The molecule has 4 rings (SSSR count). The molecule has 6 nitrogen and oxygen atoms in total. The number of carbonyl (C=O) groups excluding carboxylic acids is 1. The Hall–Kier alpha value is -1.82. The van der Waals surface area contributed by atoms with Crippen LogP contribution in [0, 0.1) is 6.92 Å². The number of fused-ring (bicyclic) bond motifs is 1. The highest BCUT2D eigenvalue weighted by molar-refractivity contribution is 5.90. The van der Waals surface area contributed by atoms with Crippen molar-refractivity contribution in [2.75, 3.05) is 42.9 Å². The van der Waals surface area contributed by atoms with E-state index in [1.165, 1.54) is 32.2 Å². The molecule has 3 aliphatic rings. The molecule has 3 saturated heterocycles. The molecule has 6 heteroatoms. The van der Waals surface area contributed by atoms with Crippen molar-refractivity contribution in [2.24, 2.45) is 0 Å². The van der Waals surface area contributed by atoms with Crippen LogP contribution in [0.4, 0.5) is 16.3 Å². The minimum Gasteiger partial charge on any atom is -0.357 e. The number of hydrogen-bond donors (Lipinski definition) is 1. The second-order valence-electron chi connectivity index (χ2n) is 7.72. The molecule has 1 N–H and O–H groups in total. The van der Waals surface area contributed by atoms with Crippen molar-refractivity contribution in [1.82, 2.24) is 14.8 Å². The largest absolute Gasteiger partial charge is 0.357 e. The predicted octanol–water partition coefficient (Wildman–Crippen LogP) is 2.69.